The van der Waals surface area contributed by atoms with Crippen molar-refractivity contribution in [1.82, 2.24) is 20.7 Å². The van der Waals surface area contributed by atoms with Crippen LogP contribution in [-0.2, 0) is 0 Å². The van der Waals surface area contributed by atoms with Crippen molar-refractivity contribution in [2.75, 3.05) is 0 Å². The highest BCUT2D eigenvalue weighted by Crippen LogP contribution is 2.12. The van der Waals surface area contributed by atoms with Gasteiger partial charge in [-0.1, -0.05) is 20.8 Å². The van der Waals surface area contributed by atoms with E-state index in [9.17, 15) is 4.79 Å². The fourth-order valence-corrected chi connectivity index (χ4v) is 1.97. The van der Waals surface area contributed by atoms with Crippen LogP contribution in [0.15, 0.2) is 18.2 Å². The summed E-state index contributed by atoms with van der Waals surface area (Å²) >= 11 is 0. The third-order valence-electron chi connectivity index (χ3n) is 3.14. The van der Waals surface area contributed by atoms with E-state index in [-0.39, 0.29) is 11.9 Å². The van der Waals surface area contributed by atoms with Gasteiger partial charge in [0.25, 0.3) is 5.91 Å². The highest BCUT2D eigenvalue weighted by atomic mass is 16.1. The first-order valence-corrected chi connectivity index (χ1v) is 6.23. The summed E-state index contributed by atoms with van der Waals surface area (Å²) in [5.41, 5.74) is 2.10. The average molecular weight is 246 g/mol. The fourth-order valence-electron chi connectivity index (χ4n) is 1.97. The molecule has 0 aliphatic rings. The number of amides is 1. The number of hydrogen-bond acceptors (Lipinski definition) is 3. The third kappa shape index (κ3) is 2.50. The Bertz CT molecular complexity index is 547. The highest BCUT2D eigenvalue weighted by molar-refractivity contribution is 5.97. The lowest BCUT2D eigenvalue weighted by atomic mass is 10.0. The third-order valence-corrected chi connectivity index (χ3v) is 3.14. The monoisotopic (exact) mass is 246 g/mol. The normalized spacial score (nSPS) is 12.9. The second kappa shape index (κ2) is 5.16. The van der Waals surface area contributed by atoms with Crippen molar-refractivity contribution in [3.05, 3.63) is 23.8 Å². The van der Waals surface area contributed by atoms with Crippen LogP contribution >= 0.6 is 0 Å². The zero-order valence-electron chi connectivity index (χ0n) is 10.9. The van der Waals surface area contributed by atoms with Crippen molar-refractivity contribution in [2.45, 2.75) is 33.2 Å². The van der Waals surface area contributed by atoms with Crippen LogP contribution < -0.4 is 5.32 Å². The number of carbonyl (C=O) groups excluding carboxylic acids is 1. The molecule has 0 bridgehead atoms. The number of H-pyrrole nitrogens is 1. The minimum Gasteiger partial charge on any atom is -0.349 e. The minimum atomic E-state index is -0.0551. The van der Waals surface area contributed by atoms with Crippen LogP contribution in [-0.4, -0.2) is 27.4 Å². The smallest absolute Gasteiger partial charge is 0.251 e. The second-order valence-corrected chi connectivity index (χ2v) is 4.76. The van der Waals surface area contributed by atoms with Crippen molar-refractivity contribution in [2.24, 2.45) is 5.92 Å². The van der Waals surface area contributed by atoms with Gasteiger partial charge in [-0.25, -0.2) is 0 Å². The van der Waals surface area contributed by atoms with Crippen molar-refractivity contribution in [3.63, 3.8) is 0 Å². The van der Waals surface area contributed by atoms with Gasteiger partial charge in [0.1, 0.15) is 11.0 Å². The average Bonchev–Trinajstić information content (AvgIpc) is 2.82. The Balaban J connectivity index is 2.17. The summed E-state index contributed by atoms with van der Waals surface area (Å²) in [6, 6.07) is 5.52. The highest BCUT2D eigenvalue weighted by Gasteiger charge is 2.15. The number of benzene rings is 1. The Hall–Kier alpha value is -1.91. The molecule has 0 spiro atoms. The Kier molecular flexibility index (Phi) is 3.60. The molecule has 2 N–H and O–H groups in total. The molecule has 0 saturated carbocycles. The van der Waals surface area contributed by atoms with E-state index in [0.29, 0.717) is 17.0 Å². The largest absolute Gasteiger partial charge is 0.349 e. The lowest BCUT2D eigenvalue weighted by molar-refractivity contribution is 0.0924. The van der Waals surface area contributed by atoms with Crippen LogP contribution in [0.1, 0.15) is 37.6 Å². The van der Waals surface area contributed by atoms with Gasteiger partial charge in [-0.2, -0.15) is 15.4 Å². The predicted octanol–water partition coefficient (Wildman–Crippen LogP) is 2.12. The van der Waals surface area contributed by atoms with Crippen LogP contribution in [0.25, 0.3) is 11.0 Å². The van der Waals surface area contributed by atoms with E-state index in [4.69, 9.17) is 0 Å². The molecule has 1 amide bonds. The predicted molar refractivity (Wildman–Crippen MR) is 70.3 cm³/mol. The van der Waals surface area contributed by atoms with Gasteiger partial charge in [0, 0.05) is 11.6 Å². The van der Waals surface area contributed by atoms with E-state index < -0.39 is 0 Å². The molecular weight excluding hydrogens is 228 g/mol. The number of aromatic amines is 1. The Labute approximate surface area is 106 Å². The van der Waals surface area contributed by atoms with Crippen LogP contribution in [0.3, 0.4) is 0 Å². The Morgan fingerprint density at radius 1 is 1.33 bits per heavy atom. The molecule has 0 aliphatic heterocycles. The number of aromatic nitrogens is 3. The maximum Gasteiger partial charge on any atom is 0.251 e. The molecule has 1 heterocycles. The van der Waals surface area contributed by atoms with E-state index in [1.165, 1.54) is 0 Å². The fraction of sp³-hybridized carbons (Fsp3) is 0.462. The summed E-state index contributed by atoms with van der Waals surface area (Å²) in [6.07, 6.45) is 0.926. The van der Waals surface area contributed by atoms with Gasteiger partial charge in [-0.05, 0) is 30.5 Å². The van der Waals surface area contributed by atoms with Gasteiger partial charge < -0.3 is 5.32 Å². The van der Waals surface area contributed by atoms with Crippen molar-refractivity contribution in [3.8, 4) is 0 Å². The molecule has 1 aromatic carbocycles. The molecule has 1 unspecified atom stereocenters. The van der Waals surface area contributed by atoms with Gasteiger partial charge in [0.15, 0.2) is 0 Å². The van der Waals surface area contributed by atoms with Gasteiger partial charge in [0.05, 0.1) is 0 Å². The SMILES string of the molecule is CCC(NC(=O)c1ccc2n[nH]nc2c1)C(C)C. The molecule has 1 aromatic heterocycles. The maximum atomic E-state index is 12.1. The molecule has 1 atom stereocenters. The molecule has 2 rings (SSSR count). The quantitative estimate of drug-likeness (QED) is 0.868. The molecular formula is C13H18N4O. The molecule has 5 heteroatoms. The maximum absolute atomic E-state index is 12.1. The van der Waals surface area contributed by atoms with E-state index in [1.807, 2.05) is 0 Å². The first kappa shape index (κ1) is 12.5. The molecule has 5 nitrogen and oxygen atoms in total. The van der Waals surface area contributed by atoms with E-state index in [1.54, 1.807) is 18.2 Å². The number of fused-ring (bicyclic) bond motifs is 1. The number of nitrogens with zero attached hydrogens (tertiary/aromatic N) is 2. The summed E-state index contributed by atoms with van der Waals surface area (Å²) in [5, 5.41) is 13.5. The molecule has 0 saturated heterocycles. The van der Waals surface area contributed by atoms with Crippen LogP contribution in [0, 0.1) is 5.92 Å². The molecule has 0 aliphatic carbocycles. The van der Waals surface area contributed by atoms with Crippen LogP contribution in [0.4, 0.5) is 0 Å². The molecule has 2 aromatic rings. The summed E-state index contributed by atoms with van der Waals surface area (Å²) in [7, 11) is 0. The van der Waals surface area contributed by atoms with Crippen LogP contribution in [0.5, 0.6) is 0 Å². The van der Waals surface area contributed by atoms with E-state index >= 15 is 0 Å². The lowest BCUT2D eigenvalue weighted by Crippen LogP contribution is -2.37. The molecule has 0 fully saturated rings. The first-order chi connectivity index (χ1) is 8.61. The summed E-state index contributed by atoms with van der Waals surface area (Å²) in [6.45, 7) is 6.29. The summed E-state index contributed by atoms with van der Waals surface area (Å²) < 4.78 is 0. The first-order valence-electron chi connectivity index (χ1n) is 6.23. The van der Waals surface area contributed by atoms with Crippen molar-refractivity contribution < 1.29 is 4.79 Å². The van der Waals surface area contributed by atoms with E-state index in [0.717, 1.165) is 11.9 Å². The topological polar surface area (TPSA) is 70.7 Å². The van der Waals surface area contributed by atoms with Crippen molar-refractivity contribution in [1.29, 1.82) is 0 Å². The van der Waals surface area contributed by atoms with Gasteiger partial charge in [0.2, 0.25) is 0 Å². The number of nitrogens with one attached hydrogen (secondary N) is 2. The number of hydrogen-bond donors (Lipinski definition) is 2. The van der Waals surface area contributed by atoms with Gasteiger partial charge in [-0.3, -0.25) is 4.79 Å². The standard InChI is InChI=1S/C13H18N4O/c1-4-10(8(2)3)14-13(18)9-5-6-11-12(7-9)16-17-15-11/h5-8,10H,4H2,1-3H3,(H,14,18)(H,15,16,17). The second-order valence-electron chi connectivity index (χ2n) is 4.76. The molecule has 0 radical (unpaired) electrons. The zero-order valence-corrected chi connectivity index (χ0v) is 10.9. The van der Waals surface area contributed by atoms with Gasteiger partial charge >= 0.3 is 0 Å². The summed E-state index contributed by atoms with van der Waals surface area (Å²) in [4.78, 5) is 12.1. The Morgan fingerprint density at radius 2 is 2.06 bits per heavy atom. The summed E-state index contributed by atoms with van der Waals surface area (Å²) in [5.74, 6) is 0.371. The number of rotatable bonds is 4. The van der Waals surface area contributed by atoms with Crippen LogP contribution in [0.2, 0.25) is 0 Å². The van der Waals surface area contributed by atoms with Gasteiger partial charge in [-0.15, -0.1) is 0 Å². The number of carbonyl (C=O) groups is 1. The molecule has 96 valence electrons. The Morgan fingerprint density at radius 3 is 2.72 bits per heavy atom. The lowest BCUT2D eigenvalue weighted by Gasteiger charge is -2.20. The van der Waals surface area contributed by atoms with E-state index in [2.05, 4.69) is 41.5 Å². The molecule has 18 heavy (non-hydrogen) atoms. The zero-order chi connectivity index (χ0) is 13.1. The van der Waals surface area contributed by atoms with Crippen molar-refractivity contribution >= 4 is 16.9 Å². The minimum absolute atomic E-state index is 0.0551.